The highest BCUT2D eigenvalue weighted by molar-refractivity contribution is 6.48. The van der Waals surface area contributed by atoms with Crippen LogP contribution in [0.4, 0.5) is 5.69 Å². The number of hydrogen-bond donors (Lipinski definition) is 2. The Balaban J connectivity index is 1.73. The molecule has 0 atom stereocenters. The second kappa shape index (κ2) is 6.77. The van der Waals surface area contributed by atoms with E-state index in [1.54, 1.807) is 0 Å². The number of nitrogens with one attached hydrogen (secondary N) is 2. The van der Waals surface area contributed by atoms with Crippen LogP contribution in [0.1, 0.15) is 21.6 Å². The third-order valence-corrected chi connectivity index (χ3v) is 4.87. The van der Waals surface area contributed by atoms with E-state index in [1.165, 1.54) is 0 Å². The summed E-state index contributed by atoms with van der Waals surface area (Å²) in [6, 6.07) is 15.3. The number of Topliss-reactive ketones (excluding diaryl/α,β-unsaturated/α-hetero) is 1. The van der Waals surface area contributed by atoms with E-state index in [2.05, 4.69) is 15.2 Å². The maximum Gasteiger partial charge on any atom is 0.296 e. The molecule has 5 heteroatoms. The highest BCUT2D eigenvalue weighted by Crippen LogP contribution is 2.28. The standard InChI is InChI=1S/C21H21N3O2/c1-14-6-8-15(9-7-14)23-21(26)20(25)19-16-4-2-3-5-17(16)24-13-12-22-11-10-18(19)24/h2-9,22H,10-13H2,1H3,(H,23,26). The molecule has 2 heterocycles. The van der Waals surface area contributed by atoms with Crippen molar-refractivity contribution in [2.24, 2.45) is 0 Å². The van der Waals surface area contributed by atoms with Gasteiger partial charge in [-0.1, -0.05) is 35.9 Å². The molecule has 4 rings (SSSR count). The molecule has 0 aliphatic carbocycles. The van der Waals surface area contributed by atoms with Crippen molar-refractivity contribution in [2.45, 2.75) is 19.9 Å². The number of amides is 1. The molecule has 132 valence electrons. The molecular formula is C21H21N3O2. The zero-order valence-corrected chi connectivity index (χ0v) is 14.7. The number of para-hydroxylation sites is 1. The van der Waals surface area contributed by atoms with Gasteiger partial charge in [-0.2, -0.15) is 0 Å². The van der Waals surface area contributed by atoms with E-state index < -0.39 is 11.7 Å². The minimum atomic E-state index is -0.592. The Kier molecular flexibility index (Phi) is 4.31. The number of aromatic nitrogens is 1. The fourth-order valence-electron chi connectivity index (χ4n) is 3.59. The SMILES string of the molecule is Cc1ccc(NC(=O)C(=O)c2c3n(c4ccccc24)CCNCC3)cc1. The zero-order valence-electron chi connectivity index (χ0n) is 14.7. The van der Waals surface area contributed by atoms with Gasteiger partial charge in [-0.25, -0.2) is 0 Å². The van der Waals surface area contributed by atoms with Gasteiger partial charge in [0.15, 0.2) is 0 Å². The normalized spacial score (nSPS) is 13.9. The van der Waals surface area contributed by atoms with Crippen LogP contribution in [0.25, 0.3) is 10.9 Å². The number of benzene rings is 2. The first kappa shape index (κ1) is 16.5. The lowest BCUT2D eigenvalue weighted by Gasteiger charge is -2.08. The van der Waals surface area contributed by atoms with Crippen molar-refractivity contribution in [3.8, 4) is 0 Å². The summed E-state index contributed by atoms with van der Waals surface area (Å²) in [6.07, 6.45) is 0.730. The molecule has 0 spiro atoms. The van der Waals surface area contributed by atoms with Crippen LogP contribution in [0.15, 0.2) is 48.5 Å². The maximum atomic E-state index is 13.0. The van der Waals surface area contributed by atoms with Crippen molar-refractivity contribution in [3.05, 3.63) is 65.4 Å². The predicted octanol–water partition coefficient (Wildman–Crippen LogP) is 2.92. The molecule has 3 aromatic rings. The molecule has 1 aliphatic rings. The minimum Gasteiger partial charge on any atom is -0.343 e. The summed E-state index contributed by atoms with van der Waals surface area (Å²) in [5.41, 5.74) is 4.22. The maximum absolute atomic E-state index is 13.0. The van der Waals surface area contributed by atoms with Crippen molar-refractivity contribution in [1.82, 2.24) is 9.88 Å². The molecule has 2 N–H and O–H groups in total. The van der Waals surface area contributed by atoms with Crippen molar-refractivity contribution in [3.63, 3.8) is 0 Å². The largest absolute Gasteiger partial charge is 0.343 e. The minimum absolute atomic E-state index is 0.475. The van der Waals surface area contributed by atoms with Gasteiger partial charge >= 0.3 is 0 Å². The molecule has 2 aromatic carbocycles. The lowest BCUT2D eigenvalue weighted by atomic mass is 10.0. The van der Waals surface area contributed by atoms with Gasteiger partial charge in [-0.15, -0.1) is 0 Å². The van der Waals surface area contributed by atoms with Gasteiger partial charge in [-0.3, -0.25) is 9.59 Å². The second-order valence-corrected chi connectivity index (χ2v) is 6.64. The second-order valence-electron chi connectivity index (χ2n) is 6.64. The summed E-state index contributed by atoms with van der Waals surface area (Å²) in [4.78, 5) is 25.7. The lowest BCUT2D eigenvalue weighted by Crippen LogP contribution is -2.24. The fourth-order valence-corrected chi connectivity index (χ4v) is 3.59. The molecule has 5 nitrogen and oxygen atoms in total. The fraction of sp³-hybridized carbons (Fsp3) is 0.238. The van der Waals surface area contributed by atoms with E-state index in [4.69, 9.17) is 0 Å². The monoisotopic (exact) mass is 347 g/mol. The summed E-state index contributed by atoms with van der Waals surface area (Å²) in [6.45, 7) is 4.43. The molecule has 0 bridgehead atoms. The quantitative estimate of drug-likeness (QED) is 0.566. The molecule has 0 radical (unpaired) electrons. The number of carbonyl (C=O) groups is 2. The molecule has 1 aliphatic heterocycles. The van der Waals surface area contributed by atoms with Crippen molar-refractivity contribution >= 4 is 28.3 Å². The summed E-state index contributed by atoms with van der Waals surface area (Å²) < 4.78 is 2.17. The Morgan fingerprint density at radius 2 is 1.81 bits per heavy atom. The van der Waals surface area contributed by atoms with E-state index in [0.29, 0.717) is 11.3 Å². The van der Waals surface area contributed by atoms with Gasteiger partial charge in [0.25, 0.3) is 11.7 Å². The molecule has 1 aromatic heterocycles. The molecule has 0 saturated heterocycles. The Bertz CT molecular complexity index is 986. The highest BCUT2D eigenvalue weighted by atomic mass is 16.2. The smallest absolute Gasteiger partial charge is 0.296 e. The Hall–Kier alpha value is -2.92. The number of hydrogen-bond acceptors (Lipinski definition) is 3. The predicted molar refractivity (Wildman–Crippen MR) is 103 cm³/mol. The molecule has 1 amide bonds. The molecular weight excluding hydrogens is 326 g/mol. The van der Waals surface area contributed by atoms with Gasteiger partial charge in [-0.05, 0) is 25.1 Å². The van der Waals surface area contributed by atoms with Gasteiger partial charge in [0.2, 0.25) is 0 Å². The van der Waals surface area contributed by atoms with E-state index in [-0.39, 0.29) is 0 Å². The topological polar surface area (TPSA) is 63.1 Å². The average molecular weight is 347 g/mol. The van der Waals surface area contributed by atoms with Crippen LogP contribution in [-0.2, 0) is 17.8 Å². The highest BCUT2D eigenvalue weighted by Gasteiger charge is 2.27. The van der Waals surface area contributed by atoms with Crippen molar-refractivity contribution < 1.29 is 9.59 Å². The third-order valence-electron chi connectivity index (χ3n) is 4.87. The number of carbonyl (C=O) groups excluding carboxylic acids is 2. The summed E-state index contributed by atoms with van der Waals surface area (Å²) in [7, 11) is 0. The van der Waals surface area contributed by atoms with E-state index >= 15 is 0 Å². The summed E-state index contributed by atoms with van der Waals surface area (Å²) >= 11 is 0. The summed E-state index contributed by atoms with van der Waals surface area (Å²) in [5.74, 6) is -1.07. The van der Waals surface area contributed by atoms with Gasteiger partial charge < -0.3 is 15.2 Å². The van der Waals surface area contributed by atoms with E-state index in [9.17, 15) is 9.59 Å². The number of ketones is 1. The Labute approximate surface area is 152 Å². The average Bonchev–Trinajstić information content (AvgIpc) is 2.79. The number of aryl methyl sites for hydroxylation is 1. The van der Waals surface area contributed by atoms with Gasteiger partial charge in [0.1, 0.15) is 0 Å². The number of rotatable bonds is 3. The van der Waals surface area contributed by atoms with Gasteiger partial charge in [0.05, 0.1) is 5.56 Å². The van der Waals surface area contributed by atoms with Crippen molar-refractivity contribution in [2.75, 3.05) is 18.4 Å². The molecule has 26 heavy (non-hydrogen) atoms. The van der Waals surface area contributed by atoms with Crippen LogP contribution in [0.5, 0.6) is 0 Å². The zero-order chi connectivity index (χ0) is 18.1. The van der Waals surface area contributed by atoms with Crippen LogP contribution in [0.2, 0.25) is 0 Å². The summed E-state index contributed by atoms with van der Waals surface area (Å²) in [5, 5.41) is 6.94. The Morgan fingerprint density at radius 3 is 2.62 bits per heavy atom. The first-order chi connectivity index (χ1) is 12.6. The third kappa shape index (κ3) is 2.91. The molecule has 0 saturated carbocycles. The van der Waals surface area contributed by atoms with Crippen LogP contribution in [0, 0.1) is 6.92 Å². The van der Waals surface area contributed by atoms with Crippen LogP contribution >= 0.6 is 0 Å². The lowest BCUT2D eigenvalue weighted by molar-refractivity contribution is -0.112. The van der Waals surface area contributed by atoms with Gasteiger partial charge in [0, 0.05) is 48.3 Å². The Morgan fingerprint density at radius 1 is 1.04 bits per heavy atom. The first-order valence-electron chi connectivity index (χ1n) is 8.88. The number of nitrogens with zero attached hydrogens (tertiary/aromatic N) is 1. The number of fused-ring (bicyclic) bond motifs is 3. The van der Waals surface area contributed by atoms with Crippen molar-refractivity contribution in [1.29, 1.82) is 0 Å². The van der Waals surface area contributed by atoms with Crippen LogP contribution in [0.3, 0.4) is 0 Å². The molecule has 0 unspecified atom stereocenters. The van der Waals surface area contributed by atoms with E-state index in [1.807, 2.05) is 55.5 Å². The molecule has 0 fully saturated rings. The van der Waals surface area contributed by atoms with Crippen LogP contribution in [-0.4, -0.2) is 29.3 Å². The van der Waals surface area contributed by atoms with Crippen LogP contribution < -0.4 is 10.6 Å². The van der Waals surface area contributed by atoms with E-state index in [0.717, 1.165) is 48.2 Å². The first-order valence-corrected chi connectivity index (χ1v) is 8.88. The number of anilines is 1.